The minimum atomic E-state index is -0.102. The van der Waals surface area contributed by atoms with Gasteiger partial charge in [-0.25, -0.2) is 0 Å². The van der Waals surface area contributed by atoms with Crippen molar-refractivity contribution in [3.05, 3.63) is 65.7 Å². The minimum absolute atomic E-state index is 0.102. The van der Waals surface area contributed by atoms with Crippen LogP contribution >= 0.6 is 0 Å². The van der Waals surface area contributed by atoms with Crippen molar-refractivity contribution in [3.8, 4) is 5.75 Å². The fourth-order valence-electron chi connectivity index (χ4n) is 2.20. The van der Waals surface area contributed by atoms with Crippen LogP contribution in [0.3, 0.4) is 0 Å². The zero-order valence-corrected chi connectivity index (χ0v) is 10.6. The molecule has 2 aromatic rings. The van der Waals surface area contributed by atoms with Crippen LogP contribution in [0, 0.1) is 0 Å². The maximum Gasteiger partial charge on any atom is 0.115 e. The van der Waals surface area contributed by atoms with Crippen molar-refractivity contribution in [1.29, 1.82) is 0 Å². The van der Waals surface area contributed by atoms with E-state index in [0.717, 1.165) is 12.0 Å². The largest absolute Gasteiger partial charge is 0.508 e. The summed E-state index contributed by atoms with van der Waals surface area (Å²) in [4.78, 5) is 0. The van der Waals surface area contributed by atoms with Crippen molar-refractivity contribution < 1.29 is 5.11 Å². The summed E-state index contributed by atoms with van der Waals surface area (Å²) >= 11 is 0. The summed E-state index contributed by atoms with van der Waals surface area (Å²) in [5, 5.41) is 9.35. The highest BCUT2D eigenvalue weighted by Gasteiger charge is 2.25. The number of hydrogen-bond acceptors (Lipinski definition) is 2. The second-order valence-electron chi connectivity index (χ2n) is 4.97. The van der Waals surface area contributed by atoms with E-state index >= 15 is 0 Å². The van der Waals surface area contributed by atoms with E-state index in [1.807, 2.05) is 30.3 Å². The molecule has 1 unspecified atom stereocenters. The molecule has 0 amide bonds. The molecule has 18 heavy (non-hydrogen) atoms. The fraction of sp³-hybridized carbons (Fsp3) is 0.250. The summed E-state index contributed by atoms with van der Waals surface area (Å²) in [5.74, 6) is 0.290. The average Bonchev–Trinajstić information content (AvgIpc) is 2.40. The average molecular weight is 241 g/mol. The van der Waals surface area contributed by atoms with Crippen LogP contribution in [0.5, 0.6) is 5.75 Å². The zero-order chi connectivity index (χ0) is 13.0. The Balaban J connectivity index is 2.28. The summed E-state index contributed by atoms with van der Waals surface area (Å²) in [5.41, 5.74) is 8.30. The lowest BCUT2D eigenvalue weighted by molar-refractivity contribution is 0.466. The van der Waals surface area contributed by atoms with Crippen LogP contribution < -0.4 is 5.73 Å². The Bertz CT molecular complexity index is 492. The second-order valence-corrected chi connectivity index (χ2v) is 4.97. The van der Waals surface area contributed by atoms with Gasteiger partial charge in [0.05, 0.1) is 0 Å². The van der Waals surface area contributed by atoms with Crippen molar-refractivity contribution in [2.24, 2.45) is 5.73 Å². The van der Waals surface area contributed by atoms with Crippen molar-refractivity contribution in [2.45, 2.75) is 18.8 Å². The first-order valence-electron chi connectivity index (χ1n) is 6.17. The number of nitrogens with two attached hydrogens (primary N) is 1. The fourth-order valence-corrected chi connectivity index (χ4v) is 2.20. The van der Waals surface area contributed by atoms with Gasteiger partial charge in [-0.2, -0.15) is 0 Å². The van der Waals surface area contributed by atoms with Crippen molar-refractivity contribution >= 4 is 0 Å². The summed E-state index contributed by atoms with van der Waals surface area (Å²) in [6.45, 7) is 2.74. The van der Waals surface area contributed by atoms with Gasteiger partial charge < -0.3 is 10.8 Å². The minimum Gasteiger partial charge on any atom is -0.508 e. The lowest BCUT2D eigenvalue weighted by Gasteiger charge is -2.29. The third kappa shape index (κ3) is 2.71. The van der Waals surface area contributed by atoms with Crippen LogP contribution in [0.15, 0.2) is 54.6 Å². The van der Waals surface area contributed by atoms with E-state index in [-0.39, 0.29) is 11.2 Å². The first-order valence-corrected chi connectivity index (χ1v) is 6.17. The van der Waals surface area contributed by atoms with Gasteiger partial charge in [0.25, 0.3) is 0 Å². The number of hydrogen-bond donors (Lipinski definition) is 2. The summed E-state index contributed by atoms with van der Waals surface area (Å²) in [7, 11) is 0. The second kappa shape index (κ2) is 5.23. The van der Waals surface area contributed by atoms with Gasteiger partial charge in [-0.15, -0.1) is 0 Å². The predicted octanol–water partition coefficient (Wildman–Crippen LogP) is 2.85. The SMILES string of the molecule is CC(CN)(Cc1ccccc1)c1ccc(O)cc1. The summed E-state index contributed by atoms with van der Waals surface area (Å²) < 4.78 is 0. The number of rotatable bonds is 4. The molecule has 94 valence electrons. The van der Waals surface area contributed by atoms with E-state index in [2.05, 4.69) is 19.1 Å². The molecule has 0 spiro atoms. The van der Waals surface area contributed by atoms with E-state index in [4.69, 9.17) is 5.73 Å². The van der Waals surface area contributed by atoms with Gasteiger partial charge in [0.2, 0.25) is 0 Å². The molecular weight excluding hydrogens is 222 g/mol. The highest BCUT2D eigenvalue weighted by atomic mass is 16.3. The number of aromatic hydroxyl groups is 1. The molecule has 0 aliphatic heterocycles. The lowest BCUT2D eigenvalue weighted by atomic mass is 9.77. The normalized spacial score (nSPS) is 14.1. The third-order valence-electron chi connectivity index (χ3n) is 3.45. The van der Waals surface area contributed by atoms with Gasteiger partial charge >= 0.3 is 0 Å². The van der Waals surface area contributed by atoms with Crippen molar-refractivity contribution in [2.75, 3.05) is 6.54 Å². The Labute approximate surface area is 108 Å². The molecule has 3 N–H and O–H groups in total. The van der Waals surface area contributed by atoms with E-state index < -0.39 is 0 Å². The van der Waals surface area contributed by atoms with Crippen LogP contribution in [0.2, 0.25) is 0 Å². The van der Waals surface area contributed by atoms with Gasteiger partial charge in [0.15, 0.2) is 0 Å². The molecule has 0 heterocycles. The lowest BCUT2D eigenvalue weighted by Crippen LogP contribution is -2.34. The first kappa shape index (κ1) is 12.7. The molecule has 0 radical (unpaired) electrons. The van der Waals surface area contributed by atoms with E-state index in [1.165, 1.54) is 5.56 Å². The van der Waals surface area contributed by atoms with Gasteiger partial charge in [-0.3, -0.25) is 0 Å². The van der Waals surface area contributed by atoms with E-state index in [1.54, 1.807) is 12.1 Å². The topological polar surface area (TPSA) is 46.2 Å². The monoisotopic (exact) mass is 241 g/mol. The molecule has 0 saturated carbocycles. The Hall–Kier alpha value is -1.80. The molecule has 2 nitrogen and oxygen atoms in total. The summed E-state index contributed by atoms with van der Waals surface area (Å²) in [6.07, 6.45) is 0.898. The Morgan fingerprint density at radius 3 is 2.17 bits per heavy atom. The van der Waals surface area contributed by atoms with Crippen LogP contribution in [-0.2, 0) is 11.8 Å². The van der Waals surface area contributed by atoms with Crippen molar-refractivity contribution in [3.63, 3.8) is 0 Å². The Morgan fingerprint density at radius 2 is 1.61 bits per heavy atom. The third-order valence-corrected chi connectivity index (χ3v) is 3.45. The zero-order valence-electron chi connectivity index (χ0n) is 10.6. The van der Waals surface area contributed by atoms with Crippen molar-refractivity contribution in [1.82, 2.24) is 0 Å². The van der Waals surface area contributed by atoms with E-state index in [0.29, 0.717) is 6.54 Å². The standard InChI is InChI=1S/C16H19NO/c1-16(12-17,11-13-5-3-2-4-6-13)14-7-9-15(18)10-8-14/h2-10,18H,11-12,17H2,1H3. The number of benzene rings is 2. The molecule has 0 aliphatic carbocycles. The quantitative estimate of drug-likeness (QED) is 0.864. The maximum atomic E-state index is 9.35. The molecule has 0 saturated heterocycles. The Morgan fingerprint density at radius 1 is 1.00 bits per heavy atom. The molecule has 0 bridgehead atoms. The van der Waals surface area contributed by atoms with Crippen LogP contribution in [0.1, 0.15) is 18.1 Å². The number of phenolic OH excluding ortho intramolecular Hbond substituents is 1. The number of phenols is 1. The van der Waals surface area contributed by atoms with Gasteiger partial charge in [0, 0.05) is 12.0 Å². The first-order chi connectivity index (χ1) is 8.64. The molecule has 2 rings (SSSR count). The molecule has 0 aromatic heterocycles. The highest BCUT2D eigenvalue weighted by Crippen LogP contribution is 2.28. The molecular formula is C16H19NO. The molecule has 2 heteroatoms. The van der Waals surface area contributed by atoms with E-state index in [9.17, 15) is 5.11 Å². The highest BCUT2D eigenvalue weighted by molar-refractivity contribution is 5.33. The molecule has 1 atom stereocenters. The van der Waals surface area contributed by atoms with Gasteiger partial charge in [0.1, 0.15) is 5.75 Å². The maximum absolute atomic E-state index is 9.35. The molecule has 2 aromatic carbocycles. The van der Waals surface area contributed by atoms with Gasteiger partial charge in [-0.1, -0.05) is 49.4 Å². The van der Waals surface area contributed by atoms with Gasteiger partial charge in [-0.05, 0) is 29.7 Å². The van der Waals surface area contributed by atoms with Crippen LogP contribution in [0.4, 0.5) is 0 Å². The predicted molar refractivity (Wildman–Crippen MR) is 74.7 cm³/mol. The molecule has 0 aliphatic rings. The van der Waals surface area contributed by atoms with Crippen LogP contribution in [-0.4, -0.2) is 11.7 Å². The molecule has 0 fully saturated rings. The smallest absolute Gasteiger partial charge is 0.115 e. The summed E-state index contributed by atoms with van der Waals surface area (Å²) in [6, 6.07) is 17.7. The Kier molecular flexibility index (Phi) is 3.68. The van der Waals surface area contributed by atoms with Crippen LogP contribution in [0.25, 0.3) is 0 Å².